The van der Waals surface area contributed by atoms with E-state index in [1.54, 1.807) is 18.7 Å². The summed E-state index contributed by atoms with van der Waals surface area (Å²) in [6, 6.07) is 0. The molecule has 0 saturated carbocycles. The average Bonchev–Trinajstić information content (AvgIpc) is 3.01. The normalized spacial score (nSPS) is 11.1. The number of unbranched alkanes of at least 4 members (excludes halogenated alkanes) is 1. The van der Waals surface area contributed by atoms with Gasteiger partial charge in [0.15, 0.2) is 5.52 Å². The molecule has 0 N–H and O–H groups in total. The van der Waals surface area contributed by atoms with Crippen molar-refractivity contribution in [2.24, 2.45) is 7.05 Å². The monoisotopic (exact) mass is 412 g/mol. The first-order valence-corrected chi connectivity index (χ1v) is 10.4. The zero-order valence-corrected chi connectivity index (χ0v) is 17.5. The second kappa shape index (κ2) is 12.5. The lowest BCUT2D eigenvalue weighted by atomic mass is 10.4. The van der Waals surface area contributed by atoms with Crippen LogP contribution in [0.1, 0.15) is 26.7 Å². The Hall–Kier alpha value is -1.91. The molecule has 0 aromatic carbocycles. The maximum absolute atomic E-state index is 11.6. The van der Waals surface area contributed by atoms with Crippen molar-refractivity contribution in [2.45, 2.75) is 31.7 Å². The Kier molecular flexibility index (Phi) is 10.0. The molecule has 10 heteroatoms. The molecule has 2 aromatic rings. The Labute approximate surface area is 169 Å². The third kappa shape index (κ3) is 6.92. The van der Waals surface area contributed by atoms with Gasteiger partial charge in [0, 0.05) is 13.7 Å². The number of aryl methyl sites for hydroxylation is 1. The van der Waals surface area contributed by atoms with Gasteiger partial charge >= 0.3 is 5.97 Å². The molecule has 156 valence electrons. The maximum atomic E-state index is 11.6. The first-order chi connectivity index (χ1) is 13.7. The Balaban J connectivity index is 1.84. The molecule has 0 fully saturated rings. The van der Waals surface area contributed by atoms with Crippen molar-refractivity contribution in [1.82, 2.24) is 19.7 Å². The van der Waals surface area contributed by atoms with Gasteiger partial charge in [-0.25, -0.2) is 14.6 Å². The predicted molar refractivity (Wildman–Crippen MR) is 106 cm³/mol. The number of carbonyl (C=O) groups is 1. The summed E-state index contributed by atoms with van der Waals surface area (Å²) in [5, 5.41) is 5.04. The number of hydrogen-bond donors (Lipinski definition) is 0. The molecule has 0 radical (unpaired) electrons. The average molecular weight is 413 g/mol. The molecule has 2 aromatic heterocycles. The Bertz CT molecular complexity index is 740. The topological polar surface area (TPSA) is 97.6 Å². The molecule has 0 bridgehead atoms. The van der Waals surface area contributed by atoms with Crippen molar-refractivity contribution in [3.63, 3.8) is 0 Å². The lowest BCUT2D eigenvalue weighted by molar-refractivity contribution is -0.139. The number of aromatic nitrogens is 4. The third-order valence-electron chi connectivity index (χ3n) is 3.65. The van der Waals surface area contributed by atoms with Crippen LogP contribution in [0, 0.1) is 0 Å². The van der Waals surface area contributed by atoms with Crippen LogP contribution in [0.15, 0.2) is 11.4 Å². The quantitative estimate of drug-likeness (QED) is 0.200. The van der Waals surface area contributed by atoms with Crippen molar-refractivity contribution in [2.75, 3.05) is 45.4 Å². The van der Waals surface area contributed by atoms with E-state index >= 15 is 0 Å². The number of esters is 1. The summed E-state index contributed by atoms with van der Waals surface area (Å²) in [4.78, 5) is 20.1. The molecule has 0 unspecified atom stereocenters. The minimum Gasteiger partial charge on any atom is -0.474 e. The smallest absolute Gasteiger partial charge is 0.316 e. The van der Waals surface area contributed by atoms with Crippen LogP contribution in [0.4, 0.5) is 0 Å². The highest BCUT2D eigenvalue weighted by molar-refractivity contribution is 8.00. The van der Waals surface area contributed by atoms with Crippen molar-refractivity contribution in [3.05, 3.63) is 6.33 Å². The molecule has 0 aliphatic rings. The molecular formula is C18H28N4O5S. The van der Waals surface area contributed by atoms with Crippen molar-refractivity contribution in [1.29, 1.82) is 0 Å². The summed E-state index contributed by atoms with van der Waals surface area (Å²) in [6.45, 7) is 6.97. The van der Waals surface area contributed by atoms with Crippen LogP contribution >= 0.6 is 11.8 Å². The summed E-state index contributed by atoms with van der Waals surface area (Å²) in [5.74, 6) is 0.418. The summed E-state index contributed by atoms with van der Waals surface area (Å²) < 4.78 is 23.3. The zero-order valence-electron chi connectivity index (χ0n) is 16.7. The molecular weight excluding hydrogens is 384 g/mol. The van der Waals surface area contributed by atoms with Gasteiger partial charge in [0.05, 0.1) is 32.2 Å². The highest BCUT2D eigenvalue weighted by atomic mass is 32.2. The number of thioether (sulfide) groups is 1. The van der Waals surface area contributed by atoms with Crippen LogP contribution in [0.2, 0.25) is 0 Å². The fourth-order valence-electron chi connectivity index (χ4n) is 2.32. The van der Waals surface area contributed by atoms with Gasteiger partial charge in [-0.1, -0.05) is 25.1 Å². The Morgan fingerprint density at radius 1 is 1.07 bits per heavy atom. The molecule has 2 rings (SSSR count). The number of hydrogen-bond acceptors (Lipinski definition) is 9. The molecule has 2 heterocycles. The minimum atomic E-state index is -0.289. The lowest BCUT2D eigenvalue weighted by Crippen LogP contribution is -2.12. The van der Waals surface area contributed by atoms with Gasteiger partial charge in [-0.15, -0.1) is 0 Å². The molecule has 28 heavy (non-hydrogen) atoms. The van der Waals surface area contributed by atoms with Crippen molar-refractivity contribution in [3.8, 4) is 5.88 Å². The zero-order chi connectivity index (χ0) is 20.2. The van der Waals surface area contributed by atoms with Crippen LogP contribution < -0.4 is 4.74 Å². The van der Waals surface area contributed by atoms with Gasteiger partial charge in [-0.2, -0.15) is 5.10 Å². The van der Waals surface area contributed by atoms with Gasteiger partial charge in [-0.05, 0) is 13.3 Å². The molecule has 0 amide bonds. The van der Waals surface area contributed by atoms with Gasteiger partial charge in [0.25, 0.3) is 0 Å². The number of rotatable bonds is 14. The maximum Gasteiger partial charge on any atom is 0.316 e. The van der Waals surface area contributed by atoms with E-state index in [2.05, 4.69) is 22.0 Å². The van der Waals surface area contributed by atoms with E-state index in [1.807, 2.05) is 0 Å². The molecule has 0 atom stereocenters. The van der Waals surface area contributed by atoms with E-state index < -0.39 is 0 Å². The van der Waals surface area contributed by atoms with Crippen LogP contribution in [-0.2, 0) is 26.1 Å². The second-order valence-electron chi connectivity index (χ2n) is 5.83. The van der Waals surface area contributed by atoms with E-state index in [9.17, 15) is 4.79 Å². The minimum absolute atomic E-state index is 0.168. The molecule has 9 nitrogen and oxygen atoms in total. The molecule has 0 aliphatic heterocycles. The van der Waals surface area contributed by atoms with Crippen molar-refractivity contribution < 1.29 is 23.7 Å². The number of nitrogens with zero attached hydrogens (tertiary/aromatic N) is 4. The van der Waals surface area contributed by atoms with Gasteiger partial charge in [-0.3, -0.25) is 4.79 Å². The number of fused-ring (bicyclic) bond motifs is 1. The Morgan fingerprint density at radius 3 is 2.57 bits per heavy atom. The summed E-state index contributed by atoms with van der Waals surface area (Å²) in [5.41, 5.74) is 1.20. The van der Waals surface area contributed by atoms with Crippen LogP contribution in [0.25, 0.3) is 11.0 Å². The Morgan fingerprint density at radius 2 is 1.82 bits per heavy atom. The van der Waals surface area contributed by atoms with Gasteiger partial charge in [0.2, 0.25) is 5.88 Å². The molecule has 0 aliphatic carbocycles. The fraction of sp³-hybridized carbons (Fsp3) is 0.667. The summed E-state index contributed by atoms with van der Waals surface area (Å²) >= 11 is 1.27. The SMILES string of the molecule is CCCCOCCOCCOc1c2ncnc(SCC(=O)OCC)c2nn1C. The van der Waals surface area contributed by atoms with E-state index in [0.29, 0.717) is 55.0 Å². The van der Waals surface area contributed by atoms with E-state index in [-0.39, 0.29) is 11.7 Å². The van der Waals surface area contributed by atoms with Crippen LogP contribution in [0.3, 0.4) is 0 Å². The standard InChI is InChI=1S/C18H28N4O5S/c1-4-6-7-24-8-9-25-10-11-27-18-16-15(21-22(18)3)17(20-13-19-16)28-12-14(23)26-5-2/h13H,4-12H2,1-3H3. The number of ether oxygens (including phenoxy) is 4. The van der Waals surface area contributed by atoms with Gasteiger partial charge in [0.1, 0.15) is 23.5 Å². The first kappa shape index (κ1) is 22.4. The highest BCUT2D eigenvalue weighted by Gasteiger charge is 2.17. The molecule has 0 spiro atoms. The van der Waals surface area contributed by atoms with Gasteiger partial charge < -0.3 is 18.9 Å². The fourth-order valence-corrected chi connectivity index (χ4v) is 3.05. The van der Waals surface area contributed by atoms with E-state index in [0.717, 1.165) is 19.4 Å². The third-order valence-corrected chi connectivity index (χ3v) is 4.60. The lowest BCUT2D eigenvalue weighted by Gasteiger charge is -2.07. The summed E-state index contributed by atoms with van der Waals surface area (Å²) in [7, 11) is 1.78. The van der Waals surface area contributed by atoms with E-state index in [4.69, 9.17) is 18.9 Å². The molecule has 0 saturated heterocycles. The largest absolute Gasteiger partial charge is 0.474 e. The van der Waals surface area contributed by atoms with E-state index in [1.165, 1.54) is 18.1 Å². The predicted octanol–water partition coefficient (Wildman–Crippen LogP) is 2.23. The van der Waals surface area contributed by atoms with Crippen molar-refractivity contribution >= 4 is 28.8 Å². The highest BCUT2D eigenvalue weighted by Crippen LogP contribution is 2.29. The summed E-state index contributed by atoms with van der Waals surface area (Å²) in [6.07, 6.45) is 3.63. The van der Waals surface area contributed by atoms with Crippen LogP contribution in [-0.4, -0.2) is 71.1 Å². The van der Waals surface area contributed by atoms with Crippen LogP contribution in [0.5, 0.6) is 5.88 Å². The first-order valence-electron chi connectivity index (χ1n) is 9.41. The number of carbonyl (C=O) groups excluding carboxylic acids is 1. The second-order valence-corrected chi connectivity index (χ2v) is 6.79.